The van der Waals surface area contributed by atoms with Crippen molar-refractivity contribution >= 4 is 11.7 Å². The minimum Gasteiger partial charge on any atom is -0.385 e. The maximum Gasteiger partial charge on any atom is 0.254 e. The van der Waals surface area contributed by atoms with E-state index >= 15 is 0 Å². The molecule has 0 saturated carbocycles. The van der Waals surface area contributed by atoms with Crippen molar-refractivity contribution in [2.45, 2.75) is 38.6 Å². The Morgan fingerprint density at radius 3 is 2.63 bits per heavy atom. The van der Waals surface area contributed by atoms with Gasteiger partial charge in [0.2, 0.25) is 0 Å². The monoisotopic (exact) mass is 369 g/mol. The minimum atomic E-state index is -0.0283. The third-order valence-electron chi connectivity index (χ3n) is 5.26. The van der Waals surface area contributed by atoms with Gasteiger partial charge in [0.1, 0.15) is 5.69 Å². The first kappa shape index (κ1) is 19.3. The van der Waals surface area contributed by atoms with Crippen LogP contribution in [-0.4, -0.2) is 52.7 Å². The van der Waals surface area contributed by atoms with Crippen LogP contribution >= 0.6 is 0 Å². The number of hydrogen-bond donors (Lipinski definition) is 0. The number of ketones is 1. The first-order chi connectivity index (χ1) is 13.0. The topological polar surface area (TPSA) is 64.4 Å². The molecule has 0 spiro atoms. The second-order valence-corrected chi connectivity index (χ2v) is 7.09. The second kappa shape index (κ2) is 8.48. The fourth-order valence-electron chi connectivity index (χ4n) is 3.85. The van der Waals surface area contributed by atoms with E-state index in [1.807, 2.05) is 29.2 Å². The van der Waals surface area contributed by atoms with Gasteiger partial charge in [-0.25, -0.2) is 0 Å². The van der Waals surface area contributed by atoms with Crippen molar-refractivity contribution in [1.29, 1.82) is 0 Å². The molecule has 1 aromatic carbocycles. The number of hydrogen-bond acceptors (Lipinski definition) is 4. The van der Waals surface area contributed by atoms with Crippen molar-refractivity contribution in [3.05, 3.63) is 41.7 Å². The van der Waals surface area contributed by atoms with Crippen LogP contribution in [0.2, 0.25) is 0 Å². The maximum absolute atomic E-state index is 13.0. The number of aromatic nitrogens is 2. The van der Waals surface area contributed by atoms with Crippen LogP contribution in [0.25, 0.3) is 11.1 Å². The van der Waals surface area contributed by atoms with E-state index in [2.05, 4.69) is 5.10 Å². The van der Waals surface area contributed by atoms with Crippen LogP contribution in [0.1, 0.15) is 53.5 Å². The summed E-state index contributed by atoms with van der Waals surface area (Å²) in [5, 5.41) is 4.19. The van der Waals surface area contributed by atoms with Crippen molar-refractivity contribution in [2.24, 2.45) is 7.05 Å². The van der Waals surface area contributed by atoms with Crippen LogP contribution in [0.15, 0.2) is 30.5 Å². The maximum atomic E-state index is 13.0. The first-order valence-electron chi connectivity index (χ1n) is 9.46. The lowest BCUT2D eigenvalue weighted by Gasteiger charge is -2.36. The number of rotatable bonds is 6. The predicted octanol–water partition coefficient (Wildman–Crippen LogP) is 3.32. The molecule has 0 N–H and O–H groups in total. The van der Waals surface area contributed by atoms with Gasteiger partial charge in [0.15, 0.2) is 5.78 Å². The van der Waals surface area contributed by atoms with Crippen LogP contribution in [0.5, 0.6) is 0 Å². The standard InChI is InChI=1S/C21H27N3O3/c1-15(25)20-19(14-22-23(20)2)16-7-9-17(10-8-16)21(26)24-12-5-4-6-18(24)11-13-27-3/h7-10,14,18H,4-6,11-13H2,1-3H3/t18-/m1/s1. The fourth-order valence-corrected chi connectivity index (χ4v) is 3.85. The number of methoxy groups -OCH3 is 1. The van der Waals surface area contributed by atoms with E-state index in [1.54, 1.807) is 25.0 Å². The quantitative estimate of drug-likeness (QED) is 0.733. The molecule has 0 aliphatic carbocycles. The highest BCUT2D eigenvalue weighted by molar-refractivity contribution is 5.99. The second-order valence-electron chi connectivity index (χ2n) is 7.09. The molecule has 1 saturated heterocycles. The van der Waals surface area contributed by atoms with Crippen molar-refractivity contribution in [2.75, 3.05) is 20.3 Å². The molecule has 1 aromatic heterocycles. The average Bonchev–Trinajstić information content (AvgIpc) is 3.08. The zero-order valence-corrected chi connectivity index (χ0v) is 16.3. The minimum absolute atomic E-state index is 0.0283. The van der Waals surface area contributed by atoms with Gasteiger partial charge in [-0.15, -0.1) is 0 Å². The fraction of sp³-hybridized carbons (Fsp3) is 0.476. The number of ether oxygens (including phenoxy) is 1. The molecule has 1 atom stereocenters. The molecule has 6 nitrogen and oxygen atoms in total. The number of aryl methyl sites for hydroxylation is 1. The van der Waals surface area contributed by atoms with E-state index in [-0.39, 0.29) is 17.7 Å². The van der Waals surface area contributed by atoms with Gasteiger partial charge in [-0.05, 0) is 43.4 Å². The molecule has 1 aliphatic rings. The number of likely N-dealkylation sites (tertiary alicyclic amines) is 1. The molecule has 27 heavy (non-hydrogen) atoms. The molecule has 1 aliphatic heterocycles. The van der Waals surface area contributed by atoms with Crippen LogP contribution in [0.3, 0.4) is 0 Å². The smallest absolute Gasteiger partial charge is 0.254 e. The molecular weight excluding hydrogens is 342 g/mol. The predicted molar refractivity (Wildman–Crippen MR) is 104 cm³/mol. The van der Waals surface area contributed by atoms with Crippen LogP contribution < -0.4 is 0 Å². The van der Waals surface area contributed by atoms with E-state index in [4.69, 9.17) is 4.74 Å². The number of amides is 1. The Kier molecular flexibility index (Phi) is 6.06. The van der Waals surface area contributed by atoms with Crippen molar-refractivity contribution < 1.29 is 14.3 Å². The Hall–Kier alpha value is -2.47. The van der Waals surface area contributed by atoms with Gasteiger partial charge in [-0.3, -0.25) is 14.3 Å². The van der Waals surface area contributed by atoms with E-state index < -0.39 is 0 Å². The highest BCUT2D eigenvalue weighted by Crippen LogP contribution is 2.26. The number of carbonyl (C=O) groups is 2. The molecule has 2 heterocycles. The summed E-state index contributed by atoms with van der Waals surface area (Å²) >= 11 is 0. The van der Waals surface area contributed by atoms with E-state index in [0.717, 1.165) is 43.4 Å². The summed E-state index contributed by atoms with van der Waals surface area (Å²) in [7, 11) is 3.45. The summed E-state index contributed by atoms with van der Waals surface area (Å²) in [4.78, 5) is 26.9. The zero-order chi connectivity index (χ0) is 19.4. The van der Waals surface area contributed by atoms with Gasteiger partial charge in [-0.1, -0.05) is 12.1 Å². The van der Waals surface area contributed by atoms with Gasteiger partial charge >= 0.3 is 0 Å². The normalized spacial score (nSPS) is 17.1. The summed E-state index contributed by atoms with van der Waals surface area (Å²) in [5.41, 5.74) is 2.93. The first-order valence-corrected chi connectivity index (χ1v) is 9.46. The zero-order valence-electron chi connectivity index (χ0n) is 16.3. The summed E-state index contributed by atoms with van der Waals surface area (Å²) in [5.74, 6) is 0.0415. The number of piperidine rings is 1. The molecule has 0 unspecified atom stereocenters. The van der Waals surface area contributed by atoms with Crippen molar-refractivity contribution in [3.63, 3.8) is 0 Å². The molecule has 3 rings (SSSR count). The number of nitrogens with zero attached hydrogens (tertiary/aromatic N) is 3. The molecule has 144 valence electrons. The highest BCUT2D eigenvalue weighted by atomic mass is 16.5. The molecule has 1 fully saturated rings. The Morgan fingerprint density at radius 1 is 1.22 bits per heavy atom. The third kappa shape index (κ3) is 4.11. The van der Waals surface area contributed by atoms with Gasteiger partial charge in [-0.2, -0.15) is 5.10 Å². The van der Waals surface area contributed by atoms with Gasteiger partial charge < -0.3 is 9.64 Å². The molecule has 1 amide bonds. The average molecular weight is 369 g/mol. The van der Waals surface area contributed by atoms with Gasteiger partial charge in [0.25, 0.3) is 5.91 Å². The number of carbonyl (C=O) groups excluding carboxylic acids is 2. The molecular formula is C21H27N3O3. The van der Waals surface area contributed by atoms with Gasteiger partial charge in [0, 0.05) is 51.4 Å². The van der Waals surface area contributed by atoms with E-state index in [1.165, 1.54) is 6.92 Å². The summed E-state index contributed by atoms with van der Waals surface area (Å²) in [6.45, 7) is 3.00. The molecule has 0 bridgehead atoms. The van der Waals surface area contributed by atoms with Gasteiger partial charge in [0.05, 0.1) is 6.20 Å². The van der Waals surface area contributed by atoms with E-state index in [9.17, 15) is 9.59 Å². The largest absolute Gasteiger partial charge is 0.385 e. The summed E-state index contributed by atoms with van der Waals surface area (Å²) < 4.78 is 6.79. The SMILES string of the molecule is COCC[C@H]1CCCCN1C(=O)c1ccc(-c2cnn(C)c2C(C)=O)cc1. The summed E-state index contributed by atoms with van der Waals surface area (Å²) in [6.07, 6.45) is 5.80. The summed E-state index contributed by atoms with van der Waals surface area (Å²) in [6, 6.07) is 7.72. The molecule has 2 aromatic rings. The Balaban J connectivity index is 1.80. The van der Waals surface area contributed by atoms with Crippen molar-refractivity contribution in [1.82, 2.24) is 14.7 Å². The third-order valence-corrected chi connectivity index (χ3v) is 5.26. The molecule has 0 radical (unpaired) electrons. The molecule has 6 heteroatoms. The lowest BCUT2D eigenvalue weighted by atomic mass is 9.97. The number of Topliss-reactive ketones (excluding diaryl/α,β-unsaturated/α-hetero) is 1. The highest BCUT2D eigenvalue weighted by Gasteiger charge is 2.27. The van der Waals surface area contributed by atoms with Crippen LogP contribution in [0, 0.1) is 0 Å². The van der Waals surface area contributed by atoms with Crippen molar-refractivity contribution in [3.8, 4) is 11.1 Å². The Labute approximate surface area is 160 Å². The number of benzene rings is 1. The van der Waals surface area contributed by atoms with Crippen LogP contribution in [0.4, 0.5) is 0 Å². The van der Waals surface area contributed by atoms with Crippen LogP contribution in [-0.2, 0) is 11.8 Å². The van der Waals surface area contributed by atoms with E-state index in [0.29, 0.717) is 17.9 Å². The lowest BCUT2D eigenvalue weighted by Crippen LogP contribution is -2.44. The Morgan fingerprint density at radius 2 is 1.96 bits per heavy atom. The Bertz CT molecular complexity index is 811. The lowest BCUT2D eigenvalue weighted by molar-refractivity contribution is 0.0553.